The van der Waals surface area contributed by atoms with Crippen molar-refractivity contribution in [2.75, 3.05) is 18.0 Å². The molecule has 2 saturated heterocycles. The van der Waals surface area contributed by atoms with Crippen LogP contribution in [0.1, 0.15) is 62.1 Å². The zero-order valence-corrected chi connectivity index (χ0v) is 25.1. The van der Waals surface area contributed by atoms with Crippen molar-refractivity contribution in [3.05, 3.63) is 106 Å². The SMILES string of the molecule is C/C=C1/CC2CCC3=C(Cc4ccccc43)C2C[C@@H]1C1=CN2c3ccccc3C34CCN5C/C(=C/O)[C@H](C[C@H]53)[C@@H]([C@@H]1O)[C@H]24. The molecule has 1 spiro atoms. The lowest BCUT2D eigenvalue weighted by Crippen LogP contribution is -2.67. The van der Waals surface area contributed by atoms with Crippen LogP contribution in [0.2, 0.25) is 0 Å². The number of para-hydroxylation sites is 1. The molecular weight excluding hydrogens is 528 g/mol. The highest BCUT2D eigenvalue weighted by atomic mass is 16.3. The molecule has 0 aromatic heterocycles. The second-order valence-corrected chi connectivity index (χ2v) is 14.9. The van der Waals surface area contributed by atoms with Gasteiger partial charge < -0.3 is 15.1 Å². The number of fused-ring (bicyclic) bond motifs is 8. The van der Waals surface area contributed by atoms with Crippen molar-refractivity contribution in [3.8, 4) is 0 Å². The van der Waals surface area contributed by atoms with E-state index in [0.717, 1.165) is 50.8 Å². The zero-order chi connectivity index (χ0) is 28.6. The lowest BCUT2D eigenvalue weighted by Gasteiger charge is -2.59. The number of aliphatic hydroxyl groups is 2. The monoisotopic (exact) mass is 570 g/mol. The fraction of sp³-hybridized carbons (Fsp3) is 0.487. The van der Waals surface area contributed by atoms with Gasteiger partial charge in [-0.2, -0.15) is 0 Å². The van der Waals surface area contributed by atoms with Gasteiger partial charge in [-0.25, -0.2) is 0 Å². The molecule has 2 bridgehead atoms. The van der Waals surface area contributed by atoms with E-state index in [1.165, 1.54) is 52.6 Å². The van der Waals surface area contributed by atoms with Crippen molar-refractivity contribution < 1.29 is 10.2 Å². The number of hydrogen-bond donors (Lipinski definition) is 2. The van der Waals surface area contributed by atoms with Crippen molar-refractivity contribution in [1.29, 1.82) is 0 Å². The molecule has 8 aliphatic rings. The summed E-state index contributed by atoms with van der Waals surface area (Å²) in [5, 5.41) is 23.2. The minimum atomic E-state index is -0.491. The molecule has 4 heterocycles. The Hall–Kier alpha value is -3.08. The molecule has 4 nitrogen and oxygen atoms in total. The number of anilines is 1. The molecule has 10 rings (SSSR count). The first-order chi connectivity index (χ1) is 21.1. The van der Waals surface area contributed by atoms with Gasteiger partial charge in [0.05, 0.1) is 18.4 Å². The predicted octanol–water partition coefficient (Wildman–Crippen LogP) is 6.93. The summed E-state index contributed by atoms with van der Waals surface area (Å²) in [4.78, 5) is 5.26. The average molecular weight is 571 g/mol. The van der Waals surface area contributed by atoms with Gasteiger partial charge in [0.15, 0.2) is 0 Å². The Morgan fingerprint density at radius 2 is 1.86 bits per heavy atom. The summed E-state index contributed by atoms with van der Waals surface area (Å²) < 4.78 is 0. The van der Waals surface area contributed by atoms with Crippen molar-refractivity contribution >= 4 is 11.3 Å². The van der Waals surface area contributed by atoms with Crippen LogP contribution < -0.4 is 4.90 Å². The number of allylic oxidation sites excluding steroid dienone is 4. The molecule has 2 aromatic carbocycles. The van der Waals surface area contributed by atoms with Crippen LogP contribution in [0.3, 0.4) is 0 Å². The summed E-state index contributed by atoms with van der Waals surface area (Å²) in [5.41, 5.74) is 13.2. The normalized spacial score (nSPS) is 42.0. The van der Waals surface area contributed by atoms with Gasteiger partial charge in [-0.1, -0.05) is 59.7 Å². The van der Waals surface area contributed by atoms with Crippen LogP contribution in [0.5, 0.6) is 0 Å². The topological polar surface area (TPSA) is 46.9 Å². The maximum atomic E-state index is 12.7. The Labute approximate surface area is 255 Å². The molecule has 2 saturated carbocycles. The number of piperidine rings is 1. The first-order valence-corrected chi connectivity index (χ1v) is 16.9. The molecular formula is C39H42N2O2. The number of aliphatic hydroxyl groups excluding tert-OH is 2. The van der Waals surface area contributed by atoms with Crippen LogP contribution in [0.25, 0.3) is 5.57 Å². The van der Waals surface area contributed by atoms with E-state index in [9.17, 15) is 10.2 Å². The Morgan fingerprint density at radius 1 is 1.00 bits per heavy atom. The molecule has 4 fully saturated rings. The Morgan fingerprint density at radius 3 is 2.74 bits per heavy atom. The first-order valence-electron chi connectivity index (χ1n) is 16.9. The smallest absolute Gasteiger partial charge is 0.0827 e. The van der Waals surface area contributed by atoms with E-state index in [2.05, 4.69) is 77.5 Å². The third-order valence-electron chi connectivity index (χ3n) is 13.8. The molecule has 0 radical (unpaired) electrons. The van der Waals surface area contributed by atoms with Crippen LogP contribution in [-0.4, -0.2) is 46.4 Å². The number of hydrogen-bond acceptors (Lipinski definition) is 4. The zero-order valence-electron chi connectivity index (χ0n) is 25.1. The molecule has 4 aliphatic heterocycles. The molecule has 0 amide bonds. The molecule has 43 heavy (non-hydrogen) atoms. The van der Waals surface area contributed by atoms with E-state index < -0.39 is 6.10 Å². The summed E-state index contributed by atoms with van der Waals surface area (Å²) in [7, 11) is 0. The maximum absolute atomic E-state index is 12.7. The van der Waals surface area contributed by atoms with Gasteiger partial charge in [0, 0.05) is 41.7 Å². The second kappa shape index (κ2) is 8.76. The third-order valence-corrected chi connectivity index (χ3v) is 13.8. The summed E-state index contributed by atoms with van der Waals surface area (Å²) in [6.07, 6.45) is 13.8. The standard InChI is InChI=1S/C39H42N2O2/c1-2-22-15-24-11-12-27-26-8-4-3-7-23(26)16-31(27)29(24)17-28(22)32-20-41-34-10-6-5-9-33(34)39-13-14-40-19-25(21-42)30(18-35(39)40)36(37(32)43)38(39)41/h2-10,20-21,24,28-30,35-38,42-43H,11-19H2,1H3/b22-2-,25-21-/t24?,28-,29?,30-,35-,36-,37+,38-,39?/m0/s1. The number of benzene rings is 2. The van der Waals surface area contributed by atoms with Gasteiger partial charge in [0.1, 0.15) is 0 Å². The average Bonchev–Trinajstić information content (AvgIpc) is 3.72. The van der Waals surface area contributed by atoms with Crippen molar-refractivity contribution in [2.24, 2.45) is 29.6 Å². The molecule has 4 aliphatic carbocycles. The first kappa shape index (κ1) is 25.3. The van der Waals surface area contributed by atoms with Gasteiger partial charge in [0.25, 0.3) is 0 Å². The van der Waals surface area contributed by atoms with E-state index in [0.29, 0.717) is 17.9 Å². The lowest BCUT2D eigenvalue weighted by molar-refractivity contribution is -0.0150. The quantitative estimate of drug-likeness (QED) is 0.288. The minimum Gasteiger partial charge on any atom is -0.516 e. The number of rotatable bonds is 1. The van der Waals surface area contributed by atoms with E-state index in [-0.39, 0.29) is 29.2 Å². The maximum Gasteiger partial charge on any atom is 0.0827 e. The fourth-order valence-electron chi connectivity index (χ4n) is 12.2. The minimum absolute atomic E-state index is 0.0571. The lowest BCUT2D eigenvalue weighted by atomic mass is 9.52. The molecule has 4 heteroatoms. The van der Waals surface area contributed by atoms with Gasteiger partial charge in [-0.05, 0) is 116 Å². The Balaban J connectivity index is 1.11. The molecule has 2 aromatic rings. The number of nitrogens with zero attached hydrogens (tertiary/aromatic N) is 2. The molecule has 2 N–H and O–H groups in total. The van der Waals surface area contributed by atoms with Crippen molar-refractivity contribution in [3.63, 3.8) is 0 Å². The summed E-state index contributed by atoms with van der Waals surface area (Å²) in [5.74, 6) is 1.88. The van der Waals surface area contributed by atoms with Crippen molar-refractivity contribution in [2.45, 2.75) is 75.5 Å². The highest BCUT2D eigenvalue weighted by Crippen LogP contribution is 2.66. The van der Waals surface area contributed by atoms with E-state index in [1.54, 1.807) is 11.1 Å². The van der Waals surface area contributed by atoms with Crippen LogP contribution in [0.15, 0.2) is 89.4 Å². The van der Waals surface area contributed by atoms with E-state index in [4.69, 9.17) is 0 Å². The third kappa shape index (κ3) is 3.05. The highest BCUT2D eigenvalue weighted by molar-refractivity contribution is 5.78. The van der Waals surface area contributed by atoms with Crippen LogP contribution in [-0.2, 0) is 11.8 Å². The van der Waals surface area contributed by atoms with E-state index in [1.807, 2.05) is 0 Å². The van der Waals surface area contributed by atoms with Gasteiger partial charge in [-0.15, -0.1) is 0 Å². The molecule has 3 unspecified atom stereocenters. The van der Waals surface area contributed by atoms with Gasteiger partial charge in [0.2, 0.25) is 0 Å². The van der Waals surface area contributed by atoms with E-state index >= 15 is 0 Å². The summed E-state index contributed by atoms with van der Waals surface area (Å²) in [6, 6.07) is 19.0. The van der Waals surface area contributed by atoms with Crippen LogP contribution in [0, 0.1) is 29.6 Å². The van der Waals surface area contributed by atoms with Crippen molar-refractivity contribution in [1.82, 2.24) is 4.90 Å². The van der Waals surface area contributed by atoms with Gasteiger partial charge >= 0.3 is 0 Å². The highest BCUT2D eigenvalue weighted by Gasteiger charge is 2.69. The predicted molar refractivity (Wildman–Crippen MR) is 171 cm³/mol. The second-order valence-electron chi connectivity index (χ2n) is 14.9. The Bertz CT molecular complexity index is 1680. The summed E-state index contributed by atoms with van der Waals surface area (Å²) in [6.45, 7) is 4.14. The Kier molecular flexibility index (Phi) is 5.15. The fourth-order valence-corrected chi connectivity index (χ4v) is 12.2. The molecule has 220 valence electrons. The summed E-state index contributed by atoms with van der Waals surface area (Å²) >= 11 is 0. The largest absolute Gasteiger partial charge is 0.516 e. The molecule has 9 atom stereocenters. The van der Waals surface area contributed by atoms with Crippen LogP contribution in [0.4, 0.5) is 5.69 Å². The van der Waals surface area contributed by atoms with Crippen LogP contribution >= 0.6 is 0 Å². The van der Waals surface area contributed by atoms with Gasteiger partial charge in [-0.3, -0.25) is 4.90 Å².